The van der Waals surface area contributed by atoms with Crippen molar-refractivity contribution in [2.45, 2.75) is 24.5 Å². The predicted octanol–water partition coefficient (Wildman–Crippen LogP) is 2.38. The molecule has 2 aliphatic rings. The van der Waals surface area contributed by atoms with E-state index in [0.717, 1.165) is 35.7 Å². The Morgan fingerprint density at radius 3 is 3.07 bits per heavy atom. The average Bonchev–Trinajstić information content (AvgIpc) is 2.66. The lowest BCUT2D eigenvalue weighted by Gasteiger charge is -2.37. The topological polar surface area (TPSA) is 29.5 Å². The van der Waals surface area contributed by atoms with Gasteiger partial charge < -0.3 is 9.84 Å². The zero-order valence-electron chi connectivity index (χ0n) is 8.48. The first-order chi connectivity index (χ1) is 7.29. The van der Waals surface area contributed by atoms with Crippen LogP contribution in [-0.2, 0) is 0 Å². The molecule has 1 aromatic rings. The van der Waals surface area contributed by atoms with Crippen LogP contribution in [0.4, 0.5) is 0 Å². The number of hydrogen-bond acceptors (Lipinski definition) is 3. The molecular formula is C12H14O2S. The summed E-state index contributed by atoms with van der Waals surface area (Å²) in [6.07, 6.45) is 1.45. The van der Waals surface area contributed by atoms with E-state index in [1.54, 1.807) is 0 Å². The van der Waals surface area contributed by atoms with Crippen molar-refractivity contribution in [3.63, 3.8) is 0 Å². The third-order valence-electron chi connectivity index (χ3n) is 3.24. The molecule has 80 valence electrons. The van der Waals surface area contributed by atoms with Crippen molar-refractivity contribution in [3.05, 3.63) is 29.8 Å². The first kappa shape index (κ1) is 9.55. The van der Waals surface area contributed by atoms with Crippen LogP contribution in [0.2, 0.25) is 0 Å². The monoisotopic (exact) mass is 222 g/mol. The number of hydrogen-bond donors (Lipinski definition) is 1. The van der Waals surface area contributed by atoms with Gasteiger partial charge in [-0.2, -0.15) is 11.8 Å². The predicted molar refractivity (Wildman–Crippen MR) is 61.3 cm³/mol. The van der Waals surface area contributed by atoms with Gasteiger partial charge in [-0.15, -0.1) is 0 Å². The number of aliphatic hydroxyl groups excluding tert-OH is 1. The second-order valence-electron chi connectivity index (χ2n) is 4.35. The van der Waals surface area contributed by atoms with Crippen LogP contribution in [0.3, 0.4) is 0 Å². The molecule has 0 saturated carbocycles. The first-order valence-corrected chi connectivity index (χ1v) is 6.48. The van der Waals surface area contributed by atoms with Gasteiger partial charge in [0, 0.05) is 17.7 Å². The number of ether oxygens (including phenoxy) is 1. The number of thioether (sulfide) groups is 1. The summed E-state index contributed by atoms with van der Waals surface area (Å²) < 4.78 is 6.07. The van der Waals surface area contributed by atoms with Gasteiger partial charge in [0.1, 0.15) is 11.4 Å². The third kappa shape index (κ3) is 1.54. The summed E-state index contributed by atoms with van der Waals surface area (Å²) in [5.41, 5.74) is 0.846. The Labute approximate surface area is 93.6 Å². The molecular weight excluding hydrogens is 208 g/mol. The Morgan fingerprint density at radius 1 is 1.40 bits per heavy atom. The molecule has 2 heterocycles. The zero-order valence-corrected chi connectivity index (χ0v) is 9.30. The Bertz CT molecular complexity index is 372. The van der Waals surface area contributed by atoms with Crippen molar-refractivity contribution in [1.29, 1.82) is 0 Å². The van der Waals surface area contributed by atoms with Gasteiger partial charge in [-0.3, -0.25) is 0 Å². The fourth-order valence-corrected chi connectivity index (χ4v) is 3.77. The molecule has 2 aliphatic heterocycles. The highest BCUT2D eigenvalue weighted by Gasteiger charge is 2.42. The van der Waals surface area contributed by atoms with Crippen LogP contribution in [0.5, 0.6) is 5.75 Å². The maximum atomic E-state index is 10.1. The average molecular weight is 222 g/mol. The summed E-state index contributed by atoms with van der Waals surface area (Å²) >= 11 is 1.92. The van der Waals surface area contributed by atoms with Crippen molar-refractivity contribution in [2.75, 3.05) is 11.5 Å². The van der Waals surface area contributed by atoms with Gasteiger partial charge in [-0.1, -0.05) is 18.2 Å². The van der Waals surface area contributed by atoms with E-state index in [9.17, 15) is 5.11 Å². The summed E-state index contributed by atoms with van der Waals surface area (Å²) in [7, 11) is 0. The smallest absolute Gasteiger partial charge is 0.125 e. The van der Waals surface area contributed by atoms with Crippen molar-refractivity contribution >= 4 is 11.8 Å². The molecule has 1 saturated heterocycles. The van der Waals surface area contributed by atoms with Crippen molar-refractivity contribution in [2.24, 2.45) is 0 Å². The number of para-hydroxylation sites is 1. The van der Waals surface area contributed by atoms with E-state index in [-0.39, 0.29) is 11.7 Å². The highest BCUT2D eigenvalue weighted by Crippen LogP contribution is 2.45. The van der Waals surface area contributed by atoms with Crippen LogP contribution in [0, 0.1) is 0 Å². The largest absolute Gasteiger partial charge is 0.486 e. The number of benzene rings is 1. The Hall–Kier alpha value is -0.670. The highest BCUT2D eigenvalue weighted by atomic mass is 32.2. The van der Waals surface area contributed by atoms with Gasteiger partial charge in [0.15, 0.2) is 0 Å². The molecule has 0 radical (unpaired) electrons. The molecule has 1 aromatic carbocycles. The standard InChI is InChI=1S/C12H14O2S/c13-10-7-12(5-6-15-8-12)14-11-4-2-1-3-9(10)11/h1-4,10,13H,5-8H2. The van der Waals surface area contributed by atoms with E-state index in [1.807, 2.05) is 36.0 Å². The van der Waals surface area contributed by atoms with E-state index < -0.39 is 0 Å². The van der Waals surface area contributed by atoms with Crippen molar-refractivity contribution in [1.82, 2.24) is 0 Å². The minimum absolute atomic E-state index is 0.0988. The van der Waals surface area contributed by atoms with E-state index in [1.165, 1.54) is 0 Å². The molecule has 1 fully saturated rings. The maximum absolute atomic E-state index is 10.1. The van der Waals surface area contributed by atoms with E-state index in [2.05, 4.69) is 0 Å². The van der Waals surface area contributed by atoms with E-state index in [4.69, 9.17) is 4.74 Å². The molecule has 1 spiro atoms. The summed E-state index contributed by atoms with van der Waals surface area (Å²) in [5.74, 6) is 3.03. The molecule has 2 atom stereocenters. The van der Waals surface area contributed by atoms with Gasteiger partial charge >= 0.3 is 0 Å². The number of aliphatic hydroxyl groups is 1. The molecule has 15 heavy (non-hydrogen) atoms. The molecule has 0 bridgehead atoms. The van der Waals surface area contributed by atoms with Crippen molar-refractivity contribution < 1.29 is 9.84 Å². The molecule has 0 aliphatic carbocycles. The van der Waals surface area contributed by atoms with Crippen LogP contribution in [0.1, 0.15) is 24.5 Å². The fourth-order valence-electron chi connectivity index (χ4n) is 2.42. The minimum atomic E-state index is -0.353. The minimum Gasteiger partial charge on any atom is -0.486 e. The summed E-state index contributed by atoms with van der Waals surface area (Å²) in [4.78, 5) is 0. The number of rotatable bonds is 0. The lowest BCUT2D eigenvalue weighted by molar-refractivity contribution is 0.00409. The van der Waals surface area contributed by atoms with E-state index in [0.29, 0.717) is 0 Å². The lowest BCUT2D eigenvalue weighted by Crippen LogP contribution is -2.41. The molecule has 0 amide bonds. The molecule has 1 N–H and O–H groups in total. The zero-order chi connectivity index (χ0) is 10.3. The maximum Gasteiger partial charge on any atom is 0.125 e. The molecule has 3 rings (SSSR count). The Kier molecular flexibility index (Phi) is 2.18. The summed E-state index contributed by atoms with van der Waals surface area (Å²) in [6.45, 7) is 0. The second-order valence-corrected chi connectivity index (χ2v) is 5.45. The van der Waals surface area contributed by atoms with Gasteiger partial charge in [0.2, 0.25) is 0 Å². The highest BCUT2D eigenvalue weighted by molar-refractivity contribution is 7.99. The lowest BCUT2D eigenvalue weighted by atomic mass is 9.88. The quantitative estimate of drug-likeness (QED) is 0.731. The van der Waals surface area contributed by atoms with Crippen LogP contribution < -0.4 is 4.74 Å². The van der Waals surface area contributed by atoms with E-state index >= 15 is 0 Å². The summed E-state index contributed by atoms with van der Waals surface area (Å²) in [6, 6.07) is 7.83. The molecule has 3 heteroatoms. The summed E-state index contributed by atoms with van der Waals surface area (Å²) in [5, 5.41) is 10.1. The van der Waals surface area contributed by atoms with Gasteiger partial charge in [-0.05, 0) is 18.2 Å². The molecule has 2 nitrogen and oxygen atoms in total. The van der Waals surface area contributed by atoms with Crippen LogP contribution in [0.15, 0.2) is 24.3 Å². The third-order valence-corrected chi connectivity index (χ3v) is 4.46. The van der Waals surface area contributed by atoms with Gasteiger partial charge in [0.25, 0.3) is 0 Å². The Balaban J connectivity index is 1.98. The molecule has 0 aromatic heterocycles. The normalized spacial score (nSPS) is 33.8. The van der Waals surface area contributed by atoms with Crippen molar-refractivity contribution in [3.8, 4) is 5.75 Å². The first-order valence-electron chi connectivity index (χ1n) is 5.33. The van der Waals surface area contributed by atoms with Gasteiger partial charge in [0.05, 0.1) is 6.10 Å². The SMILES string of the molecule is OC1CC2(CCSC2)Oc2ccccc21. The van der Waals surface area contributed by atoms with Crippen LogP contribution in [-0.4, -0.2) is 22.2 Å². The fraction of sp³-hybridized carbons (Fsp3) is 0.500. The number of fused-ring (bicyclic) bond motifs is 1. The van der Waals surface area contributed by atoms with Gasteiger partial charge in [-0.25, -0.2) is 0 Å². The Morgan fingerprint density at radius 2 is 2.27 bits per heavy atom. The molecule has 2 unspecified atom stereocenters. The van der Waals surface area contributed by atoms with Crippen LogP contribution in [0.25, 0.3) is 0 Å². The second kappa shape index (κ2) is 3.42. The van der Waals surface area contributed by atoms with Crippen LogP contribution >= 0.6 is 11.8 Å².